The Morgan fingerprint density at radius 3 is 2.45 bits per heavy atom. The molecule has 3 amide bonds. The van der Waals surface area contributed by atoms with Gasteiger partial charge in [-0.25, -0.2) is 4.79 Å². The number of imide groups is 1. The summed E-state index contributed by atoms with van der Waals surface area (Å²) in [5, 5.41) is 11.7. The minimum Gasteiger partial charge on any atom is -0.319 e. The average Bonchev–Trinajstić information content (AvgIpc) is 3.33. The van der Waals surface area contributed by atoms with E-state index in [0.717, 1.165) is 23.3 Å². The number of aryl methyl sites for hydroxylation is 2. The van der Waals surface area contributed by atoms with Crippen LogP contribution in [-0.2, 0) is 30.3 Å². The third-order valence-electron chi connectivity index (χ3n) is 6.34. The largest absolute Gasteiger partial charge is 0.325 e. The Morgan fingerprint density at radius 1 is 1.00 bits per heavy atom. The van der Waals surface area contributed by atoms with Crippen LogP contribution in [0.4, 0.5) is 4.79 Å². The molecule has 1 unspecified atom stereocenters. The molecule has 2 aromatic heterocycles. The van der Waals surface area contributed by atoms with Gasteiger partial charge in [-0.2, -0.15) is 0 Å². The summed E-state index contributed by atoms with van der Waals surface area (Å²) in [6.07, 6.45) is 1.99. The molecular formula is C24H24N6O3. The van der Waals surface area contributed by atoms with Gasteiger partial charge in [0, 0.05) is 7.05 Å². The zero-order valence-corrected chi connectivity index (χ0v) is 18.7. The average molecular weight is 444 g/mol. The van der Waals surface area contributed by atoms with E-state index in [1.54, 1.807) is 36.6 Å². The van der Waals surface area contributed by atoms with E-state index in [4.69, 9.17) is 0 Å². The van der Waals surface area contributed by atoms with Crippen molar-refractivity contribution in [3.63, 3.8) is 0 Å². The maximum absolute atomic E-state index is 13.4. The van der Waals surface area contributed by atoms with Gasteiger partial charge in [-0.05, 0) is 36.6 Å². The molecule has 0 aliphatic carbocycles. The number of carbonyl (C=O) groups excluding carboxylic acids is 2. The molecule has 0 radical (unpaired) electrons. The summed E-state index contributed by atoms with van der Waals surface area (Å²) in [6, 6.07) is 14.4. The zero-order chi connectivity index (χ0) is 23.3. The van der Waals surface area contributed by atoms with E-state index in [9.17, 15) is 14.4 Å². The van der Waals surface area contributed by atoms with Crippen LogP contribution in [0.15, 0.2) is 53.3 Å². The molecule has 0 saturated carbocycles. The van der Waals surface area contributed by atoms with Crippen LogP contribution in [0.1, 0.15) is 37.2 Å². The van der Waals surface area contributed by atoms with Crippen LogP contribution < -0.4 is 10.9 Å². The number of hydrogen-bond donors (Lipinski definition) is 1. The Hall–Kier alpha value is -4.01. The van der Waals surface area contributed by atoms with E-state index in [2.05, 4.69) is 22.4 Å². The fourth-order valence-electron chi connectivity index (χ4n) is 4.47. The van der Waals surface area contributed by atoms with E-state index < -0.39 is 11.6 Å². The second-order valence-corrected chi connectivity index (χ2v) is 8.53. The van der Waals surface area contributed by atoms with Crippen LogP contribution in [0.5, 0.6) is 0 Å². The molecule has 1 N–H and O–H groups in total. The van der Waals surface area contributed by atoms with Crippen LogP contribution in [0, 0.1) is 0 Å². The summed E-state index contributed by atoms with van der Waals surface area (Å²) < 4.78 is 3.12. The quantitative estimate of drug-likeness (QED) is 0.477. The third kappa shape index (κ3) is 3.11. The van der Waals surface area contributed by atoms with Gasteiger partial charge in [-0.1, -0.05) is 49.7 Å². The van der Waals surface area contributed by atoms with Gasteiger partial charge >= 0.3 is 6.03 Å². The SMILES string of the molecule is CCCc1ccc(C2(C)NC(=O)N(Cc3nnc4n(C)c(=O)c5ccccc5n34)C2=O)cc1. The maximum atomic E-state index is 13.4. The predicted octanol–water partition coefficient (Wildman–Crippen LogP) is 2.50. The highest BCUT2D eigenvalue weighted by Gasteiger charge is 2.49. The van der Waals surface area contributed by atoms with Crippen molar-refractivity contribution >= 4 is 28.6 Å². The standard InChI is InChI=1S/C24H24N6O3/c1-4-7-15-10-12-16(13-11-15)24(2)21(32)29(23(33)25-24)14-19-26-27-22-28(3)20(31)17-8-5-6-9-18(17)30(19)22/h5-6,8-13H,4,7,14H2,1-3H3,(H,25,33). The molecule has 9 nitrogen and oxygen atoms in total. The minimum absolute atomic E-state index is 0.0719. The van der Waals surface area contributed by atoms with E-state index in [0.29, 0.717) is 22.5 Å². The van der Waals surface area contributed by atoms with Crippen molar-refractivity contribution in [1.29, 1.82) is 0 Å². The van der Waals surface area contributed by atoms with Crippen LogP contribution >= 0.6 is 0 Å². The summed E-state index contributed by atoms with van der Waals surface area (Å²) in [7, 11) is 1.62. The first kappa shape index (κ1) is 20.9. The lowest BCUT2D eigenvalue weighted by molar-refractivity contribution is -0.131. The number of urea groups is 1. The predicted molar refractivity (Wildman–Crippen MR) is 123 cm³/mol. The highest BCUT2D eigenvalue weighted by atomic mass is 16.2. The number of nitrogens with zero attached hydrogens (tertiary/aromatic N) is 5. The lowest BCUT2D eigenvalue weighted by atomic mass is 9.91. The second-order valence-electron chi connectivity index (χ2n) is 8.53. The molecule has 4 aromatic rings. The molecule has 33 heavy (non-hydrogen) atoms. The fourth-order valence-corrected chi connectivity index (χ4v) is 4.47. The number of carbonyl (C=O) groups is 2. The molecule has 9 heteroatoms. The first-order valence-corrected chi connectivity index (χ1v) is 10.9. The van der Waals surface area contributed by atoms with Gasteiger partial charge in [0.25, 0.3) is 11.5 Å². The van der Waals surface area contributed by atoms with Gasteiger partial charge in [-0.3, -0.25) is 23.5 Å². The van der Waals surface area contributed by atoms with Crippen LogP contribution in [0.3, 0.4) is 0 Å². The molecule has 1 aliphatic heterocycles. The molecule has 5 rings (SSSR count). The number of amides is 3. The lowest BCUT2D eigenvalue weighted by Crippen LogP contribution is -2.40. The zero-order valence-electron chi connectivity index (χ0n) is 18.7. The molecule has 0 spiro atoms. The molecule has 2 aromatic carbocycles. The molecule has 1 atom stereocenters. The van der Waals surface area contributed by atoms with E-state index in [-0.39, 0.29) is 18.0 Å². The molecule has 168 valence electrons. The van der Waals surface area contributed by atoms with E-state index in [1.165, 1.54) is 10.1 Å². The summed E-state index contributed by atoms with van der Waals surface area (Å²) in [5.74, 6) is 0.375. The number of fused-ring (bicyclic) bond motifs is 3. The molecule has 0 bridgehead atoms. The van der Waals surface area contributed by atoms with Crippen molar-refractivity contribution in [3.05, 3.63) is 75.8 Å². The van der Waals surface area contributed by atoms with Gasteiger partial charge in [0.15, 0.2) is 5.82 Å². The van der Waals surface area contributed by atoms with Gasteiger partial charge in [0.05, 0.1) is 17.4 Å². The van der Waals surface area contributed by atoms with Gasteiger partial charge in [-0.15, -0.1) is 10.2 Å². The summed E-state index contributed by atoms with van der Waals surface area (Å²) >= 11 is 0. The molecule has 1 fully saturated rings. The Balaban J connectivity index is 1.53. The third-order valence-corrected chi connectivity index (χ3v) is 6.34. The topological polar surface area (TPSA) is 102 Å². The molecule has 3 heterocycles. The number of nitrogens with one attached hydrogen (secondary N) is 1. The number of aromatic nitrogens is 4. The Morgan fingerprint density at radius 2 is 1.73 bits per heavy atom. The summed E-state index contributed by atoms with van der Waals surface area (Å²) in [4.78, 5) is 40.1. The van der Waals surface area contributed by atoms with E-state index in [1.807, 2.05) is 30.3 Å². The van der Waals surface area contributed by atoms with Crippen LogP contribution in [0.25, 0.3) is 16.7 Å². The Bertz CT molecular complexity index is 1470. The fraction of sp³-hybridized carbons (Fsp3) is 0.292. The number of para-hydroxylation sites is 1. The number of benzene rings is 2. The maximum Gasteiger partial charge on any atom is 0.325 e. The van der Waals surface area contributed by atoms with Crippen molar-refractivity contribution in [2.45, 2.75) is 38.8 Å². The van der Waals surface area contributed by atoms with E-state index >= 15 is 0 Å². The highest BCUT2D eigenvalue weighted by molar-refractivity contribution is 6.07. The molecule has 1 saturated heterocycles. The van der Waals surface area contributed by atoms with Crippen molar-refractivity contribution in [2.75, 3.05) is 0 Å². The van der Waals surface area contributed by atoms with Crippen molar-refractivity contribution < 1.29 is 9.59 Å². The van der Waals surface area contributed by atoms with Gasteiger partial charge in [0.2, 0.25) is 5.78 Å². The minimum atomic E-state index is -1.17. The van der Waals surface area contributed by atoms with Crippen LogP contribution in [0.2, 0.25) is 0 Å². The molecular weight excluding hydrogens is 420 g/mol. The first-order chi connectivity index (χ1) is 15.8. The van der Waals surface area contributed by atoms with Gasteiger partial charge in [0.1, 0.15) is 5.54 Å². The number of hydrogen-bond acceptors (Lipinski definition) is 5. The Kier molecular flexibility index (Phi) is 4.77. The van der Waals surface area contributed by atoms with Crippen molar-refractivity contribution in [3.8, 4) is 0 Å². The van der Waals surface area contributed by atoms with Gasteiger partial charge < -0.3 is 5.32 Å². The normalized spacial score (nSPS) is 18.5. The van der Waals surface area contributed by atoms with Crippen LogP contribution in [-0.4, -0.2) is 36.0 Å². The Labute approximate surface area is 189 Å². The van der Waals surface area contributed by atoms with Crippen molar-refractivity contribution in [2.24, 2.45) is 7.05 Å². The smallest absolute Gasteiger partial charge is 0.319 e. The lowest BCUT2D eigenvalue weighted by Gasteiger charge is -2.22. The number of rotatable bonds is 5. The second kappa shape index (κ2) is 7.54. The van der Waals surface area contributed by atoms with Crippen molar-refractivity contribution in [1.82, 2.24) is 29.4 Å². The highest BCUT2D eigenvalue weighted by Crippen LogP contribution is 2.30. The first-order valence-electron chi connectivity index (χ1n) is 10.9. The summed E-state index contributed by atoms with van der Waals surface area (Å²) in [6.45, 7) is 3.75. The monoisotopic (exact) mass is 444 g/mol. The summed E-state index contributed by atoms with van der Waals surface area (Å²) in [5.41, 5.74) is 1.17. The molecule has 1 aliphatic rings.